The van der Waals surface area contributed by atoms with Crippen LogP contribution in [-0.2, 0) is 9.98 Å². The molecule has 0 saturated heterocycles. The van der Waals surface area contributed by atoms with Gasteiger partial charge in [0.15, 0.2) is 7.14 Å². The Balaban J connectivity index is 1.15. The van der Waals surface area contributed by atoms with Gasteiger partial charge in [-0.25, -0.2) is 0 Å². The number of para-hydroxylation sites is 1. The van der Waals surface area contributed by atoms with E-state index in [-0.39, 0.29) is 0 Å². The molecule has 2 aliphatic carbocycles. The van der Waals surface area contributed by atoms with Crippen molar-refractivity contribution in [1.82, 2.24) is 4.57 Å². The van der Waals surface area contributed by atoms with Crippen LogP contribution in [0.1, 0.15) is 35.1 Å². The molecule has 0 saturated carbocycles. The zero-order valence-corrected chi connectivity index (χ0v) is 30.7. The van der Waals surface area contributed by atoms with Crippen LogP contribution in [-0.4, -0.2) is 4.57 Å². The molecule has 2 heterocycles. The third-order valence-electron chi connectivity index (χ3n) is 11.6. The summed E-state index contributed by atoms with van der Waals surface area (Å²) in [6.45, 7) is 0. The molecule has 1 atom stereocenters. The van der Waals surface area contributed by atoms with Gasteiger partial charge >= 0.3 is 0 Å². The molecule has 0 radical (unpaired) electrons. The van der Waals surface area contributed by atoms with Gasteiger partial charge in [-0.15, -0.1) is 0 Å². The number of hydrogen-bond acceptors (Lipinski definition) is 2. The van der Waals surface area contributed by atoms with E-state index in [0.717, 1.165) is 40.0 Å². The minimum Gasteiger partial charge on any atom is -0.309 e. The molecule has 2 nitrogen and oxygen atoms in total. The Morgan fingerprint density at radius 2 is 1.21 bits per heavy atom. The Bertz CT molecular complexity index is 2850. The van der Waals surface area contributed by atoms with Gasteiger partial charge in [-0.2, -0.15) is 0 Å². The average molecular weight is 716 g/mol. The zero-order valence-electron chi connectivity index (χ0n) is 28.9. The van der Waals surface area contributed by atoms with E-state index in [1.165, 1.54) is 59.5 Å². The maximum Gasteiger partial charge on any atom is 0.167 e. The molecule has 0 bridgehead atoms. The van der Waals surface area contributed by atoms with Gasteiger partial charge < -0.3 is 9.13 Å². The van der Waals surface area contributed by atoms with Gasteiger partial charge in [0.1, 0.15) is 0 Å². The van der Waals surface area contributed by atoms with Crippen molar-refractivity contribution in [2.75, 3.05) is 0 Å². The Morgan fingerprint density at radius 1 is 0.566 bits per heavy atom. The second kappa shape index (κ2) is 11.7. The summed E-state index contributed by atoms with van der Waals surface area (Å²) < 4.78 is 17.6. The molecule has 0 N–H and O–H groups in total. The van der Waals surface area contributed by atoms with Crippen molar-refractivity contribution in [3.05, 3.63) is 210 Å². The van der Waals surface area contributed by atoms with Crippen LogP contribution in [0.2, 0.25) is 0 Å². The number of rotatable bonds is 4. The van der Waals surface area contributed by atoms with Crippen LogP contribution in [0.15, 0.2) is 197 Å². The van der Waals surface area contributed by atoms with Crippen LogP contribution < -0.4 is 10.6 Å². The molecule has 8 aromatic rings. The Labute approximate surface area is 313 Å². The number of aromatic nitrogens is 1. The van der Waals surface area contributed by atoms with Gasteiger partial charge in [0.2, 0.25) is 0 Å². The first-order valence-electron chi connectivity index (χ1n) is 18.4. The SMILES string of the molecule is O=P(C1=CC=CCC1)(c1ccccc1)c1ccc(-n2c3ccccc3c3c4c(ccc32)C2(c3ccccc3S4)c3ccccc3-c3ccccc32)cc1. The number of benzene rings is 7. The fourth-order valence-electron chi connectivity index (χ4n) is 9.43. The number of allylic oxidation sites excluding steroid dienone is 4. The topological polar surface area (TPSA) is 22.0 Å². The standard InChI is InChI=1S/C49H34NOPS/c51-52(34-15-3-1-4-16-34,35-17-5-2-6-18-35)36-29-27-33(28-30-36)50-44-25-13-9-21-39(44)47-45(50)32-31-43-48(47)53-46-26-14-12-24-42(46)49(43)40-22-10-7-19-37(40)38-20-8-11-23-41(38)49/h1-5,7-17,19-32H,6,18H2. The Kier molecular flexibility index (Phi) is 6.84. The molecule has 0 fully saturated rings. The molecule has 53 heavy (non-hydrogen) atoms. The molecule has 4 heteroatoms. The van der Waals surface area contributed by atoms with Gasteiger partial charge in [0.25, 0.3) is 0 Å². The van der Waals surface area contributed by atoms with E-state index in [1.54, 1.807) is 0 Å². The minimum absolute atomic E-state index is 0.426. The van der Waals surface area contributed by atoms with Crippen molar-refractivity contribution in [2.24, 2.45) is 0 Å². The lowest BCUT2D eigenvalue weighted by molar-refractivity contribution is 0.589. The Morgan fingerprint density at radius 3 is 1.94 bits per heavy atom. The van der Waals surface area contributed by atoms with Gasteiger partial charge in [-0.05, 0) is 94.0 Å². The third-order valence-corrected chi connectivity index (χ3v) is 16.1. The van der Waals surface area contributed by atoms with E-state index in [0.29, 0.717) is 0 Å². The van der Waals surface area contributed by atoms with E-state index < -0.39 is 12.6 Å². The van der Waals surface area contributed by atoms with Crippen molar-refractivity contribution in [1.29, 1.82) is 0 Å². The van der Waals surface area contributed by atoms with Crippen LogP contribution in [0.25, 0.3) is 38.6 Å². The molecule has 0 amide bonds. The lowest BCUT2D eigenvalue weighted by atomic mass is 9.67. The summed E-state index contributed by atoms with van der Waals surface area (Å²) in [6.07, 6.45) is 8.01. The second-order valence-corrected chi connectivity index (χ2v) is 18.1. The molecule has 1 spiro atoms. The number of fused-ring (bicyclic) bond motifs is 13. The van der Waals surface area contributed by atoms with E-state index in [1.807, 2.05) is 42.1 Å². The average Bonchev–Trinajstić information content (AvgIpc) is 3.73. The van der Waals surface area contributed by atoms with Gasteiger partial charge in [0.05, 0.1) is 16.4 Å². The number of nitrogens with zero attached hydrogens (tertiary/aromatic N) is 1. The first kappa shape index (κ1) is 31.0. The maximum atomic E-state index is 15.2. The summed E-state index contributed by atoms with van der Waals surface area (Å²) in [6, 6.07) is 59.2. The molecular weight excluding hydrogens is 682 g/mol. The predicted molar refractivity (Wildman–Crippen MR) is 222 cm³/mol. The van der Waals surface area contributed by atoms with Gasteiger partial charge in [-0.1, -0.05) is 151 Å². The predicted octanol–water partition coefficient (Wildman–Crippen LogP) is 12.2. The molecule has 1 unspecified atom stereocenters. The lowest BCUT2D eigenvalue weighted by Gasteiger charge is -2.40. The normalized spacial score (nSPS) is 16.1. The maximum absolute atomic E-state index is 15.2. The summed E-state index contributed by atoms with van der Waals surface area (Å²) in [5.41, 5.74) is 11.0. The van der Waals surface area contributed by atoms with Crippen LogP contribution in [0.4, 0.5) is 0 Å². The highest BCUT2D eigenvalue weighted by molar-refractivity contribution is 7.99. The van der Waals surface area contributed by atoms with Gasteiger partial charge in [0, 0.05) is 36.9 Å². The Hall–Kier alpha value is -5.60. The molecule has 3 aliphatic rings. The molecule has 1 aliphatic heterocycles. The van der Waals surface area contributed by atoms with E-state index in [2.05, 4.69) is 156 Å². The first-order chi connectivity index (χ1) is 26.2. The van der Waals surface area contributed by atoms with Crippen molar-refractivity contribution < 1.29 is 4.57 Å². The van der Waals surface area contributed by atoms with Crippen molar-refractivity contribution >= 4 is 51.3 Å². The highest BCUT2D eigenvalue weighted by atomic mass is 32.2. The molecule has 11 rings (SSSR count). The number of hydrogen-bond donors (Lipinski definition) is 0. The summed E-state index contributed by atoms with van der Waals surface area (Å²) in [7, 11) is -3.01. The van der Waals surface area contributed by atoms with Crippen LogP contribution in [0, 0.1) is 0 Å². The van der Waals surface area contributed by atoms with E-state index >= 15 is 4.57 Å². The summed E-state index contributed by atoms with van der Waals surface area (Å²) in [4.78, 5) is 2.61. The molecule has 7 aromatic carbocycles. The lowest BCUT2D eigenvalue weighted by Crippen LogP contribution is -2.32. The zero-order chi connectivity index (χ0) is 35.1. The summed E-state index contributed by atoms with van der Waals surface area (Å²) in [5, 5.41) is 5.29. The highest BCUT2D eigenvalue weighted by Crippen LogP contribution is 2.63. The van der Waals surface area contributed by atoms with E-state index in [9.17, 15) is 0 Å². The monoisotopic (exact) mass is 715 g/mol. The quantitative estimate of drug-likeness (QED) is 0.169. The third kappa shape index (κ3) is 4.21. The van der Waals surface area contributed by atoms with E-state index in [4.69, 9.17) is 0 Å². The van der Waals surface area contributed by atoms with Crippen molar-refractivity contribution in [2.45, 2.75) is 28.0 Å². The largest absolute Gasteiger partial charge is 0.309 e. The van der Waals surface area contributed by atoms with Crippen molar-refractivity contribution in [3.63, 3.8) is 0 Å². The molecular formula is C49H34NOPS. The van der Waals surface area contributed by atoms with Crippen molar-refractivity contribution in [3.8, 4) is 16.8 Å². The first-order valence-corrected chi connectivity index (χ1v) is 20.9. The van der Waals surface area contributed by atoms with Crippen LogP contribution >= 0.6 is 18.9 Å². The van der Waals surface area contributed by atoms with Gasteiger partial charge in [-0.3, -0.25) is 0 Å². The fraction of sp³-hybridized carbons (Fsp3) is 0.0612. The minimum atomic E-state index is -3.01. The molecule has 1 aromatic heterocycles. The summed E-state index contributed by atoms with van der Waals surface area (Å²) >= 11 is 1.90. The smallest absolute Gasteiger partial charge is 0.167 e. The fourth-order valence-corrected chi connectivity index (χ4v) is 13.6. The van der Waals surface area contributed by atoms with Crippen LogP contribution in [0.5, 0.6) is 0 Å². The highest BCUT2D eigenvalue weighted by Gasteiger charge is 2.50. The second-order valence-electron chi connectivity index (χ2n) is 14.2. The summed E-state index contributed by atoms with van der Waals surface area (Å²) in [5.74, 6) is 0. The molecule has 252 valence electrons. The van der Waals surface area contributed by atoms with Crippen LogP contribution in [0.3, 0.4) is 0 Å².